The summed E-state index contributed by atoms with van der Waals surface area (Å²) in [5.74, 6) is -0.935. The zero-order chi connectivity index (χ0) is 24.9. The van der Waals surface area contributed by atoms with Gasteiger partial charge in [0, 0.05) is 12.1 Å². The predicted octanol–water partition coefficient (Wildman–Crippen LogP) is 4.46. The Morgan fingerprint density at radius 3 is 2.37 bits per heavy atom. The first kappa shape index (κ1) is 23.9. The van der Waals surface area contributed by atoms with Gasteiger partial charge in [0.15, 0.2) is 11.5 Å². The standard InChI is InChI=1S/C28H27NO6/c1-3-35-23-17-20(11-14-22(23)30)25-24(26(31)19-9-12-21(34-2)13-10-19)27(32)28(33)29(25)16-15-18-7-5-4-6-8-18/h4-14,17,25,30-31H,3,15-16H2,1-2H3/b26-24+. The molecule has 1 unspecified atom stereocenters. The highest BCUT2D eigenvalue weighted by molar-refractivity contribution is 6.46. The molecule has 7 heteroatoms. The number of likely N-dealkylation sites (tertiary alicyclic amines) is 1. The van der Waals surface area contributed by atoms with Crippen molar-refractivity contribution in [2.45, 2.75) is 19.4 Å². The van der Waals surface area contributed by atoms with Crippen molar-refractivity contribution in [2.24, 2.45) is 0 Å². The number of hydrogen-bond acceptors (Lipinski definition) is 6. The molecule has 1 atom stereocenters. The minimum Gasteiger partial charge on any atom is -0.507 e. The third-order valence-corrected chi connectivity index (χ3v) is 5.99. The molecule has 0 radical (unpaired) electrons. The number of aromatic hydroxyl groups is 1. The Hall–Kier alpha value is -4.26. The summed E-state index contributed by atoms with van der Waals surface area (Å²) < 4.78 is 10.7. The van der Waals surface area contributed by atoms with Crippen molar-refractivity contribution >= 4 is 17.4 Å². The van der Waals surface area contributed by atoms with Gasteiger partial charge in [0.2, 0.25) is 0 Å². The Morgan fingerprint density at radius 2 is 1.71 bits per heavy atom. The molecule has 1 amide bonds. The number of rotatable bonds is 8. The van der Waals surface area contributed by atoms with Crippen LogP contribution in [-0.2, 0) is 16.0 Å². The zero-order valence-electron chi connectivity index (χ0n) is 19.6. The van der Waals surface area contributed by atoms with E-state index in [0.717, 1.165) is 5.56 Å². The van der Waals surface area contributed by atoms with Gasteiger partial charge in [-0.15, -0.1) is 0 Å². The van der Waals surface area contributed by atoms with Crippen molar-refractivity contribution in [1.82, 2.24) is 4.90 Å². The summed E-state index contributed by atoms with van der Waals surface area (Å²) in [7, 11) is 1.54. The summed E-state index contributed by atoms with van der Waals surface area (Å²) in [4.78, 5) is 27.8. The maximum absolute atomic E-state index is 13.2. The van der Waals surface area contributed by atoms with E-state index in [1.807, 2.05) is 30.3 Å². The summed E-state index contributed by atoms with van der Waals surface area (Å²) in [6.45, 7) is 2.39. The van der Waals surface area contributed by atoms with Crippen molar-refractivity contribution in [2.75, 3.05) is 20.3 Å². The van der Waals surface area contributed by atoms with Gasteiger partial charge in [-0.2, -0.15) is 0 Å². The molecule has 1 saturated heterocycles. The minimum atomic E-state index is -0.847. The molecule has 0 aliphatic carbocycles. The predicted molar refractivity (Wildman–Crippen MR) is 131 cm³/mol. The van der Waals surface area contributed by atoms with E-state index in [1.165, 1.54) is 18.1 Å². The minimum absolute atomic E-state index is 0.0126. The van der Waals surface area contributed by atoms with Gasteiger partial charge in [0.05, 0.1) is 25.3 Å². The van der Waals surface area contributed by atoms with Gasteiger partial charge >= 0.3 is 0 Å². The van der Waals surface area contributed by atoms with E-state index in [9.17, 15) is 19.8 Å². The zero-order valence-corrected chi connectivity index (χ0v) is 19.6. The van der Waals surface area contributed by atoms with E-state index in [4.69, 9.17) is 9.47 Å². The Bertz CT molecular complexity index is 1250. The lowest BCUT2D eigenvalue weighted by Gasteiger charge is -2.26. The SMILES string of the molecule is CCOc1cc(C2/C(=C(\O)c3ccc(OC)cc3)C(=O)C(=O)N2CCc2ccccc2)ccc1O. The van der Waals surface area contributed by atoms with Crippen LogP contribution >= 0.6 is 0 Å². The lowest BCUT2D eigenvalue weighted by Crippen LogP contribution is -2.31. The molecule has 1 aliphatic rings. The largest absolute Gasteiger partial charge is 0.507 e. The number of hydrogen-bond donors (Lipinski definition) is 2. The van der Waals surface area contributed by atoms with E-state index >= 15 is 0 Å². The number of ketones is 1. The first-order valence-corrected chi connectivity index (χ1v) is 11.4. The van der Waals surface area contributed by atoms with Crippen LogP contribution in [0, 0.1) is 0 Å². The summed E-state index contributed by atoms with van der Waals surface area (Å²) in [6, 6.07) is 20.1. The maximum atomic E-state index is 13.2. The Labute approximate surface area is 203 Å². The summed E-state index contributed by atoms with van der Waals surface area (Å²) >= 11 is 0. The number of carbonyl (C=O) groups excluding carboxylic acids is 2. The van der Waals surface area contributed by atoms with Crippen molar-refractivity contribution < 1.29 is 29.3 Å². The molecule has 1 heterocycles. The molecular weight excluding hydrogens is 446 g/mol. The lowest BCUT2D eigenvalue weighted by molar-refractivity contribution is -0.139. The van der Waals surface area contributed by atoms with Crippen LogP contribution in [0.15, 0.2) is 78.4 Å². The van der Waals surface area contributed by atoms with E-state index in [-0.39, 0.29) is 29.4 Å². The highest BCUT2D eigenvalue weighted by atomic mass is 16.5. The van der Waals surface area contributed by atoms with Crippen molar-refractivity contribution in [3.05, 3.63) is 95.1 Å². The van der Waals surface area contributed by atoms with Gasteiger partial charge in [-0.25, -0.2) is 0 Å². The van der Waals surface area contributed by atoms with Crippen LogP contribution in [0.4, 0.5) is 0 Å². The second-order valence-electron chi connectivity index (χ2n) is 8.12. The highest BCUT2D eigenvalue weighted by Gasteiger charge is 2.46. The van der Waals surface area contributed by atoms with E-state index in [0.29, 0.717) is 29.9 Å². The summed E-state index contributed by atoms with van der Waals surface area (Å²) in [6.07, 6.45) is 0.531. The molecular formula is C28H27NO6. The van der Waals surface area contributed by atoms with Crippen LogP contribution in [0.3, 0.4) is 0 Å². The highest BCUT2D eigenvalue weighted by Crippen LogP contribution is 2.42. The fraction of sp³-hybridized carbons (Fsp3) is 0.214. The van der Waals surface area contributed by atoms with Crippen molar-refractivity contribution in [3.8, 4) is 17.2 Å². The van der Waals surface area contributed by atoms with Crippen molar-refractivity contribution in [3.63, 3.8) is 0 Å². The molecule has 3 aromatic rings. The Kier molecular flexibility index (Phi) is 7.06. The summed E-state index contributed by atoms with van der Waals surface area (Å²) in [5, 5.41) is 21.4. The number of amides is 1. The van der Waals surface area contributed by atoms with Gasteiger partial charge in [0.25, 0.3) is 11.7 Å². The maximum Gasteiger partial charge on any atom is 0.295 e. The van der Waals surface area contributed by atoms with E-state index in [2.05, 4.69) is 0 Å². The number of phenols is 1. The number of methoxy groups -OCH3 is 1. The molecule has 3 aromatic carbocycles. The molecule has 0 saturated carbocycles. The van der Waals surface area contributed by atoms with Crippen molar-refractivity contribution in [1.29, 1.82) is 0 Å². The van der Waals surface area contributed by atoms with Crippen LogP contribution in [0.1, 0.15) is 29.7 Å². The molecule has 180 valence electrons. The molecule has 1 aliphatic heterocycles. The third kappa shape index (κ3) is 4.84. The fourth-order valence-corrected chi connectivity index (χ4v) is 4.23. The normalized spacial score (nSPS) is 17.0. The average Bonchev–Trinajstić information content (AvgIpc) is 3.14. The number of aliphatic hydroxyl groups excluding tert-OH is 1. The number of phenolic OH excluding ortho intramolecular Hbond substituents is 1. The van der Waals surface area contributed by atoms with Gasteiger partial charge in [-0.1, -0.05) is 36.4 Å². The molecule has 2 N–H and O–H groups in total. The summed E-state index contributed by atoms with van der Waals surface area (Å²) in [5.41, 5.74) is 1.94. The lowest BCUT2D eigenvalue weighted by atomic mass is 9.94. The van der Waals surface area contributed by atoms with Gasteiger partial charge < -0.3 is 24.6 Å². The molecule has 7 nitrogen and oxygen atoms in total. The van der Waals surface area contributed by atoms with Gasteiger partial charge in [-0.3, -0.25) is 9.59 Å². The first-order chi connectivity index (χ1) is 16.9. The Morgan fingerprint density at radius 1 is 1.00 bits per heavy atom. The fourth-order valence-electron chi connectivity index (χ4n) is 4.23. The number of aliphatic hydroxyl groups is 1. The quantitative estimate of drug-likeness (QED) is 0.285. The number of nitrogens with zero attached hydrogens (tertiary/aromatic N) is 1. The number of ether oxygens (including phenoxy) is 2. The Balaban J connectivity index is 1.81. The smallest absolute Gasteiger partial charge is 0.295 e. The van der Waals surface area contributed by atoms with Gasteiger partial charge in [0.1, 0.15) is 11.5 Å². The van der Waals surface area contributed by atoms with Crippen LogP contribution in [-0.4, -0.2) is 47.1 Å². The second kappa shape index (κ2) is 10.3. The van der Waals surface area contributed by atoms with Crippen LogP contribution < -0.4 is 9.47 Å². The number of carbonyl (C=O) groups is 2. The molecule has 0 bridgehead atoms. The number of Topliss-reactive ketones (excluding diaryl/α,β-unsaturated/α-hetero) is 1. The van der Waals surface area contributed by atoms with E-state index < -0.39 is 17.7 Å². The second-order valence-corrected chi connectivity index (χ2v) is 8.12. The third-order valence-electron chi connectivity index (χ3n) is 5.99. The van der Waals surface area contributed by atoms with Gasteiger partial charge in [-0.05, 0) is 60.9 Å². The van der Waals surface area contributed by atoms with Crippen LogP contribution in [0.25, 0.3) is 5.76 Å². The topological polar surface area (TPSA) is 96.3 Å². The van der Waals surface area contributed by atoms with E-state index in [1.54, 1.807) is 43.3 Å². The first-order valence-electron chi connectivity index (χ1n) is 11.4. The molecule has 4 rings (SSSR count). The molecule has 35 heavy (non-hydrogen) atoms. The van der Waals surface area contributed by atoms with Crippen LogP contribution in [0.2, 0.25) is 0 Å². The molecule has 1 fully saturated rings. The average molecular weight is 474 g/mol. The number of benzene rings is 3. The monoisotopic (exact) mass is 473 g/mol. The van der Waals surface area contributed by atoms with Crippen LogP contribution in [0.5, 0.6) is 17.2 Å². The molecule has 0 spiro atoms. The molecule has 0 aromatic heterocycles.